The van der Waals surface area contributed by atoms with Gasteiger partial charge in [0.1, 0.15) is 0 Å². The van der Waals surface area contributed by atoms with E-state index in [9.17, 15) is 27.9 Å². The molecule has 1 aromatic rings. The number of carboxylic acids is 1. The Kier molecular flexibility index (Phi) is 3.66. The molecule has 0 aliphatic heterocycles. The Morgan fingerprint density at radius 1 is 1.09 bits per heavy atom. The number of allylic oxidation sites excluding steroid dienone is 2. The molecule has 2 aliphatic carbocycles. The first-order chi connectivity index (χ1) is 10.8. The Morgan fingerprint density at radius 3 is 2.30 bits per heavy atom. The first kappa shape index (κ1) is 15.6. The lowest BCUT2D eigenvalue weighted by molar-refractivity contribution is -0.147. The van der Waals surface area contributed by atoms with Crippen LogP contribution < -0.4 is 5.32 Å². The zero-order valence-electron chi connectivity index (χ0n) is 11.9. The summed E-state index contributed by atoms with van der Waals surface area (Å²) in [6.45, 7) is 0. The van der Waals surface area contributed by atoms with E-state index in [2.05, 4.69) is 5.32 Å². The average molecular weight is 325 g/mol. The van der Waals surface area contributed by atoms with E-state index in [0.717, 1.165) is 6.07 Å². The molecule has 2 aliphatic rings. The third kappa shape index (κ3) is 2.71. The molecule has 122 valence electrons. The second kappa shape index (κ2) is 5.40. The maximum absolute atomic E-state index is 13.0. The van der Waals surface area contributed by atoms with Crippen LogP contribution in [0.1, 0.15) is 12.0 Å². The van der Waals surface area contributed by atoms with Crippen LogP contribution in [0.3, 0.4) is 0 Å². The van der Waals surface area contributed by atoms with Crippen LogP contribution in [0.25, 0.3) is 0 Å². The highest BCUT2D eigenvalue weighted by molar-refractivity contribution is 5.97. The Hall–Kier alpha value is -2.31. The van der Waals surface area contributed by atoms with E-state index in [-0.39, 0.29) is 17.5 Å². The van der Waals surface area contributed by atoms with E-state index in [1.165, 1.54) is 18.2 Å². The predicted molar refractivity (Wildman–Crippen MR) is 75.4 cm³/mol. The molecular weight excluding hydrogens is 311 g/mol. The van der Waals surface area contributed by atoms with Crippen molar-refractivity contribution in [2.24, 2.45) is 23.7 Å². The smallest absolute Gasteiger partial charge is 0.418 e. The van der Waals surface area contributed by atoms with Gasteiger partial charge in [0.2, 0.25) is 5.91 Å². The van der Waals surface area contributed by atoms with Gasteiger partial charge in [0.15, 0.2) is 0 Å². The predicted octanol–water partition coefficient (Wildman–Crippen LogP) is 3.17. The molecule has 4 unspecified atom stereocenters. The highest BCUT2D eigenvalue weighted by atomic mass is 19.4. The van der Waals surface area contributed by atoms with Crippen molar-refractivity contribution in [3.63, 3.8) is 0 Å². The highest BCUT2D eigenvalue weighted by Gasteiger charge is 2.51. The Balaban J connectivity index is 1.86. The summed E-state index contributed by atoms with van der Waals surface area (Å²) in [5, 5.41) is 11.6. The van der Waals surface area contributed by atoms with Crippen molar-refractivity contribution in [2.45, 2.75) is 12.6 Å². The van der Waals surface area contributed by atoms with E-state index < -0.39 is 35.5 Å². The quantitative estimate of drug-likeness (QED) is 0.839. The molecule has 0 heterocycles. The fraction of sp³-hybridized carbons (Fsp3) is 0.375. The SMILES string of the molecule is O=C(O)C1C2C=CC(C2)C1C(=O)Nc1ccccc1C(F)(F)F. The van der Waals surface area contributed by atoms with E-state index in [4.69, 9.17) is 0 Å². The van der Waals surface area contributed by atoms with Crippen molar-refractivity contribution < 1.29 is 27.9 Å². The molecule has 0 saturated heterocycles. The summed E-state index contributed by atoms with van der Waals surface area (Å²) in [5.41, 5.74) is -1.29. The largest absolute Gasteiger partial charge is 0.481 e. The van der Waals surface area contributed by atoms with Crippen molar-refractivity contribution in [2.75, 3.05) is 5.32 Å². The number of hydrogen-bond donors (Lipinski definition) is 2. The number of carbonyl (C=O) groups is 2. The standard InChI is InChI=1S/C16H14F3NO3/c17-16(18,19)10-3-1-2-4-11(10)20-14(21)12-8-5-6-9(7-8)13(12)15(22)23/h1-6,8-9,12-13H,7H2,(H,20,21)(H,22,23). The van der Waals surface area contributed by atoms with E-state index >= 15 is 0 Å². The number of carboxylic acid groups (broad SMARTS) is 1. The molecular formula is C16H14F3NO3. The van der Waals surface area contributed by atoms with Gasteiger partial charge in [-0.2, -0.15) is 13.2 Å². The Bertz CT molecular complexity index is 683. The van der Waals surface area contributed by atoms with Crippen LogP contribution in [0.2, 0.25) is 0 Å². The third-order valence-corrected chi connectivity index (χ3v) is 4.54. The molecule has 1 amide bonds. The molecule has 3 rings (SSSR count). The van der Waals surface area contributed by atoms with Crippen molar-refractivity contribution in [1.82, 2.24) is 0 Å². The van der Waals surface area contributed by atoms with Gasteiger partial charge in [-0.3, -0.25) is 9.59 Å². The Morgan fingerprint density at radius 2 is 1.70 bits per heavy atom. The molecule has 0 spiro atoms. The summed E-state index contributed by atoms with van der Waals surface area (Å²) in [6, 6.07) is 4.67. The number of carbonyl (C=O) groups excluding carboxylic acids is 1. The lowest BCUT2D eigenvalue weighted by Crippen LogP contribution is -2.36. The number of hydrogen-bond acceptors (Lipinski definition) is 2. The van der Waals surface area contributed by atoms with Crippen LogP contribution in [0.15, 0.2) is 36.4 Å². The fourth-order valence-electron chi connectivity index (χ4n) is 3.57. The molecule has 1 aromatic carbocycles. The topological polar surface area (TPSA) is 66.4 Å². The van der Waals surface area contributed by atoms with E-state index in [0.29, 0.717) is 6.42 Å². The van der Waals surface area contributed by atoms with Crippen LogP contribution in [-0.2, 0) is 15.8 Å². The van der Waals surface area contributed by atoms with Crippen LogP contribution >= 0.6 is 0 Å². The van der Waals surface area contributed by atoms with Crippen LogP contribution in [0.5, 0.6) is 0 Å². The number of halogens is 3. The van der Waals surface area contributed by atoms with Gasteiger partial charge in [0.05, 0.1) is 23.1 Å². The van der Waals surface area contributed by atoms with Gasteiger partial charge in [-0.25, -0.2) is 0 Å². The number of benzene rings is 1. The Labute approximate surface area is 130 Å². The highest BCUT2D eigenvalue weighted by Crippen LogP contribution is 2.48. The number of fused-ring (bicyclic) bond motifs is 2. The first-order valence-electron chi connectivity index (χ1n) is 7.17. The van der Waals surface area contributed by atoms with Crippen LogP contribution in [0.4, 0.5) is 18.9 Å². The van der Waals surface area contributed by atoms with E-state index in [1.54, 1.807) is 12.2 Å². The monoisotopic (exact) mass is 325 g/mol. The number of amides is 1. The minimum Gasteiger partial charge on any atom is -0.481 e. The van der Waals surface area contributed by atoms with Gasteiger partial charge in [0.25, 0.3) is 0 Å². The minimum atomic E-state index is -4.59. The summed E-state index contributed by atoms with van der Waals surface area (Å²) in [6.07, 6.45) is -0.485. The first-order valence-corrected chi connectivity index (χ1v) is 7.17. The number of anilines is 1. The second-order valence-electron chi connectivity index (χ2n) is 5.87. The molecule has 2 bridgehead atoms. The summed E-state index contributed by atoms with van der Waals surface area (Å²) in [4.78, 5) is 23.8. The summed E-state index contributed by atoms with van der Waals surface area (Å²) >= 11 is 0. The average Bonchev–Trinajstić information content (AvgIpc) is 3.07. The lowest BCUT2D eigenvalue weighted by Gasteiger charge is -2.24. The summed E-state index contributed by atoms with van der Waals surface area (Å²) < 4.78 is 38.9. The van der Waals surface area contributed by atoms with Gasteiger partial charge in [-0.15, -0.1) is 0 Å². The zero-order valence-corrected chi connectivity index (χ0v) is 11.9. The van der Waals surface area contributed by atoms with Gasteiger partial charge in [-0.1, -0.05) is 24.3 Å². The molecule has 23 heavy (non-hydrogen) atoms. The van der Waals surface area contributed by atoms with Gasteiger partial charge in [0, 0.05) is 0 Å². The number of aliphatic carboxylic acids is 1. The van der Waals surface area contributed by atoms with Gasteiger partial charge >= 0.3 is 12.1 Å². The lowest BCUT2D eigenvalue weighted by atomic mass is 9.82. The molecule has 1 fully saturated rings. The summed E-state index contributed by atoms with van der Waals surface area (Å²) in [7, 11) is 0. The number of para-hydroxylation sites is 1. The molecule has 4 nitrogen and oxygen atoms in total. The fourth-order valence-corrected chi connectivity index (χ4v) is 3.57. The number of rotatable bonds is 3. The normalized spacial score (nSPS) is 28.8. The second-order valence-corrected chi connectivity index (χ2v) is 5.87. The molecule has 0 aromatic heterocycles. The van der Waals surface area contributed by atoms with Crippen LogP contribution in [0, 0.1) is 23.7 Å². The third-order valence-electron chi connectivity index (χ3n) is 4.54. The molecule has 4 atom stereocenters. The number of alkyl halides is 3. The maximum atomic E-state index is 13.0. The van der Waals surface area contributed by atoms with Crippen molar-refractivity contribution in [3.8, 4) is 0 Å². The van der Waals surface area contributed by atoms with Crippen molar-refractivity contribution in [3.05, 3.63) is 42.0 Å². The maximum Gasteiger partial charge on any atom is 0.418 e. The van der Waals surface area contributed by atoms with Gasteiger partial charge < -0.3 is 10.4 Å². The minimum absolute atomic E-state index is 0.230. The molecule has 2 N–H and O–H groups in total. The van der Waals surface area contributed by atoms with Gasteiger partial charge in [-0.05, 0) is 30.4 Å². The molecule has 1 saturated carbocycles. The van der Waals surface area contributed by atoms with Crippen LogP contribution in [-0.4, -0.2) is 17.0 Å². The zero-order chi connectivity index (χ0) is 16.8. The van der Waals surface area contributed by atoms with Crippen molar-refractivity contribution in [1.29, 1.82) is 0 Å². The van der Waals surface area contributed by atoms with E-state index in [1.807, 2.05) is 0 Å². The summed E-state index contributed by atoms with van der Waals surface area (Å²) in [5.74, 6) is -3.96. The number of nitrogens with one attached hydrogen (secondary N) is 1. The molecule has 7 heteroatoms. The van der Waals surface area contributed by atoms with Crippen molar-refractivity contribution >= 4 is 17.6 Å². The molecule has 0 radical (unpaired) electrons.